The Labute approximate surface area is 302 Å². The maximum atomic E-state index is 13.7. The molecular weight excluding hydrogens is 622 g/mol. The van der Waals surface area contributed by atoms with Crippen LogP contribution in [0.2, 0.25) is 0 Å². The van der Waals surface area contributed by atoms with Gasteiger partial charge in [0, 0.05) is 23.9 Å². The molecule has 0 radical (unpaired) electrons. The van der Waals surface area contributed by atoms with Gasteiger partial charge in [-0.3, -0.25) is 9.59 Å². The summed E-state index contributed by atoms with van der Waals surface area (Å²) in [6.45, 7) is 3.14. The van der Waals surface area contributed by atoms with Gasteiger partial charge in [-0.1, -0.05) is 134 Å². The fourth-order valence-electron chi connectivity index (χ4n) is 9.20. The quantitative estimate of drug-likeness (QED) is 0.0636. The number of rotatable bonds is 25. The van der Waals surface area contributed by atoms with Gasteiger partial charge in [-0.25, -0.2) is 0 Å². The highest BCUT2D eigenvalue weighted by Crippen LogP contribution is 2.60. The number of benzene rings is 2. The smallest absolute Gasteiger partial charge is 0.325 e. The minimum Gasteiger partial charge on any atom is -0.493 e. The van der Waals surface area contributed by atoms with Crippen LogP contribution in [0, 0.1) is 23.2 Å². The van der Waals surface area contributed by atoms with Crippen molar-refractivity contribution in [3.8, 4) is 11.5 Å². The number of esters is 2. The molecule has 1 N–H and O–H groups in total. The maximum absolute atomic E-state index is 13.7. The molecule has 276 valence electrons. The molecular formula is C44H65NO5. The molecule has 0 heterocycles. The predicted octanol–water partition coefficient (Wildman–Crippen LogP) is 11.6. The van der Waals surface area contributed by atoms with Gasteiger partial charge in [0.25, 0.3) is 0 Å². The second kappa shape index (κ2) is 20.7. The van der Waals surface area contributed by atoms with E-state index in [4.69, 9.17) is 14.2 Å². The molecule has 4 aliphatic carbocycles. The van der Waals surface area contributed by atoms with Gasteiger partial charge in [-0.05, 0) is 68.3 Å². The molecule has 4 saturated carbocycles. The SMILES string of the molecule is CCCCCCCCCCCCCCCCCCOc1cc(NCC(=O)OCc2ccccc2)cc(OC(=O)C23CC4CC(CC(C4)C2)C3)c1. The highest BCUT2D eigenvalue weighted by Gasteiger charge is 2.55. The minimum atomic E-state index is -0.347. The number of ether oxygens (including phenoxy) is 3. The number of nitrogens with one attached hydrogen (secondary N) is 1. The first kappa shape index (κ1) is 38.2. The van der Waals surface area contributed by atoms with Gasteiger partial charge in [-0.2, -0.15) is 0 Å². The summed E-state index contributed by atoms with van der Waals surface area (Å²) in [4.78, 5) is 26.3. The first-order valence-electron chi connectivity index (χ1n) is 20.4. The van der Waals surface area contributed by atoms with Crippen LogP contribution in [-0.2, 0) is 20.9 Å². The van der Waals surface area contributed by atoms with Crippen LogP contribution in [0.25, 0.3) is 0 Å². The van der Waals surface area contributed by atoms with E-state index in [0.29, 0.717) is 41.5 Å². The summed E-state index contributed by atoms with van der Waals surface area (Å²) in [6, 6.07) is 15.2. The Morgan fingerprint density at radius 1 is 0.680 bits per heavy atom. The fourth-order valence-corrected chi connectivity index (χ4v) is 9.20. The Hall–Kier alpha value is -3.02. The average Bonchev–Trinajstić information content (AvgIpc) is 3.11. The molecule has 4 bridgehead atoms. The van der Waals surface area contributed by atoms with Crippen LogP contribution in [0.1, 0.15) is 154 Å². The van der Waals surface area contributed by atoms with E-state index < -0.39 is 0 Å². The molecule has 0 aromatic heterocycles. The summed E-state index contributed by atoms with van der Waals surface area (Å²) in [7, 11) is 0. The van der Waals surface area contributed by atoms with Crippen molar-refractivity contribution in [1.82, 2.24) is 0 Å². The third kappa shape index (κ3) is 12.6. The molecule has 0 atom stereocenters. The first-order valence-corrected chi connectivity index (χ1v) is 20.4. The largest absolute Gasteiger partial charge is 0.493 e. The molecule has 0 saturated heterocycles. The minimum absolute atomic E-state index is 0.0117. The molecule has 2 aromatic rings. The molecule has 6 heteroatoms. The molecule has 0 spiro atoms. The van der Waals surface area contributed by atoms with Gasteiger partial charge < -0.3 is 19.5 Å². The van der Waals surface area contributed by atoms with E-state index >= 15 is 0 Å². The Balaban J connectivity index is 1.02. The Bertz CT molecular complexity index is 1260. The summed E-state index contributed by atoms with van der Waals surface area (Å²) >= 11 is 0. The highest BCUT2D eigenvalue weighted by molar-refractivity contribution is 5.80. The zero-order chi connectivity index (χ0) is 34.9. The number of hydrogen-bond donors (Lipinski definition) is 1. The summed E-state index contributed by atoms with van der Waals surface area (Å²) in [5, 5.41) is 3.18. The molecule has 4 aliphatic rings. The Morgan fingerprint density at radius 2 is 1.20 bits per heavy atom. The summed E-state index contributed by atoms with van der Waals surface area (Å²) in [6.07, 6.45) is 28.1. The molecule has 0 amide bonds. The van der Waals surface area contributed by atoms with E-state index in [1.54, 1.807) is 0 Å². The van der Waals surface area contributed by atoms with Crippen molar-refractivity contribution in [3.63, 3.8) is 0 Å². The van der Waals surface area contributed by atoms with Crippen LogP contribution < -0.4 is 14.8 Å². The standard InChI is InChI=1S/C44H65NO5/c1-2-3-4-5-6-7-8-9-10-11-12-13-14-15-16-20-23-48-40-27-39(45-33-42(46)49-34-35-21-18-17-19-22-35)28-41(29-40)50-43(47)44-30-36-24-37(31-44)26-38(25-36)32-44/h17-19,21-22,27-29,36-38,45H,2-16,20,23-26,30-34H2,1H3. The normalized spacial score (nSPS) is 22.0. The van der Waals surface area contributed by atoms with Crippen LogP contribution in [-0.4, -0.2) is 25.1 Å². The maximum Gasteiger partial charge on any atom is 0.325 e. The second-order valence-electron chi connectivity index (χ2n) is 15.9. The number of carbonyl (C=O) groups excluding carboxylic acids is 2. The van der Waals surface area contributed by atoms with Gasteiger partial charge in [0.05, 0.1) is 12.0 Å². The van der Waals surface area contributed by atoms with Gasteiger partial charge in [0.2, 0.25) is 0 Å². The van der Waals surface area contributed by atoms with Gasteiger partial charge in [-0.15, -0.1) is 0 Å². The lowest BCUT2D eigenvalue weighted by Gasteiger charge is -2.55. The molecule has 6 nitrogen and oxygen atoms in total. The summed E-state index contributed by atoms with van der Waals surface area (Å²) in [5.41, 5.74) is 1.29. The van der Waals surface area contributed by atoms with Crippen LogP contribution in [0.3, 0.4) is 0 Å². The first-order chi connectivity index (χ1) is 24.5. The van der Waals surface area contributed by atoms with Crippen molar-refractivity contribution >= 4 is 17.6 Å². The number of hydrogen-bond acceptors (Lipinski definition) is 6. The van der Waals surface area contributed by atoms with E-state index in [1.165, 1.54) is 109 Å². The summed E-state index contributed by atoms with van der Waals surface area (Å²) in [5.74, 6) is 2.71. The van der Waals surface area contributed by atoms with Gasteiger partial charge in [0.1, 0.15) is 24.7 Å². The third-order valence-corrected chi connectivity index (χ3v) is 11.5. The van der Waals surface area contributed by atoms with E-state index in [2.05, 4.69) is 12.2 Å². The molecule has 4 fully saturated rings. The van der Waals surface area contributed by atoms with Crippen molar-refractivity contribution in [2.45, 2.75) is 155 Å². The number of unbranched alkanes of at least 4 members (excludes halogenated alkanes) is 15. The number of carbonyl (C=O) groups is 2. The zero-order valence-electron chi connectivity index (χ0n) is 31.1. The molecule has 0 unspecified atom stereocenters. The van der Waals surface area contributed by atoms with Gasteiger partial charge in [0.15, 0.2) is 0 Å². The lowest BCUT2D eigenvalue weighted by molar-refractivity contribution is -0.161. The van der Waals surface area contributed by atoms with E-state index in [-0.39, 0.29) is 30.5 Å². The fraction of sp³-hybridized carbons (Fsp3) is 0.682. The summed E-state index contributed by atoms with van der Waals surface area (Å²) < 4.78 is 17.8. The Morgan fingerprint density at radius 3 is 1.76 bits per heavy atom. The predicted molar refractivity (Wildman–Crippen MR) is 202 cm³/mol. The third-order valence-electron chi connectivity index (χ3n) is 11.5. The average molecular weight is 688 g/mol. The molecule has 0 aliphatic heterocycles. The van der Waals surface area contributed by atoms with Crippen molar-refractivity contribution in [3.05, 3.63) is 54.1 Å². The van der Waals surface area contributed by atoms with Crippen LogP contribution in [0.4, 0.5) is 5.69 Å². The second-order valence-corrected chi connectivity index (χ2v) is 15.9. The van der Waals surface area contributed by atoms with Crippen molar-refractivity contribution in [2.75, 3.05) is 18.5 Å². The Kier molecular flexibility index (Phi) is 15.8. The monoisotopic (exact) mass is 687 g/mol. The van der Waals surface area contributed by atoms with E-state index in [1.807, 2.05) is 48.5 Å². The van der Waals surface area contributed by atoms with Crippen LogP contribution in [0.15, 0.2) is 48.5 Å². The van der Waals surface area contributed by atoms with E-state index in [0.717, 1.165) is 37.7 Å². The highest BCUT2D eigenvalue weighted by atomic mass is 16.5. The topological polar surface area (TPSA) is 73.9 Å². The lowest BCUT2D eigenvalue weighted by atomic mass is 9.49. The van der Waals surface area contributed by atoms with Crippen molar-refractivity contribution in [2.24, 2.45) is 23.2 Å². The van der Waals surface area contributed by atoms with Crippen LogP contribution >= 0.6 is 0 Å². The lowest BCUT2D eigenvalue weighted by Crippen LogP contribution is -2.51. The molecule has 50 heavy (non-hydrogen) atoms. The van der Waals surface area contributed by atoms with Gasteiger partial charge >= 0.3 is 11.9 Å². The van der Waals surface area contributed by atoms with E-state index in [9.17, 15) is 9.59 Å². The zero-order valence-corrected chi connectivity index (χ0v) is 31.1. The molecule has 2 aromatic carbocycles. The molecule has 6 rings (SSSR count). The van der Waals surface area contributed by atoms with Crippen LogP contribution in [0.5, 0.6) is 11.5 Å². The van der Waals surface area contributed by atoms with Crippen molar-refractivity contribution < 1.29 is 23.8 Å². The number of anilines is 1. The van der Waals surface area contributed by atoms with Crippen molar-refractivity contribution in [1.29, 1.82) is 0 Å².